The van der Waals surface area contributed by atoms with Crippen LogP contribution in [0.2, 0.25) is 0 Å². The van der Waals surface area contributed by atoms with E-state index in [1.54, 1.807) is 6.07 Å². The van der Waals surface area contributed by atoms with E-state index in [-0.39, 0.29) is 15.2 Å². The fourth-order valence-electron chi connectivity index (χ4n) is 2.37. The van der Waals surface area contributed by atoms with Gasteiger partial charge in [-0.15, -0.1) is 11.3 Å². The Morgan fingerprint density at radius 2 is 1.96 bits per heavy atom. The van der Waals surface area contributed by atoms with E-state index in [2.05, 4.69) is 10.5 Å². The molecule has 8 nitrogen and oxygen atoms in total. The smallest absolute Gasteiger partial charge is 0.267 e. The number of hydrogen-bond acceptors (Lipinski definition) is 7. The minimum absolute atomic E-state index is 0.116. The van der Waals surface area contributed by atoms with E-state index in [9.17, 15) is 13.2 Å². The zero-order chi connectivity index (χ0) is 18.9. The maximum Gasteiger partial charge on any atom is 0.267 e. The van der Waals surface area contributed by atoms with Crippen LogP contribution in [-0.2, 0) is 20.2 Å². The quantitative estimate of drug-likeness (QED) is 0.846. The second-order valence-electron chi connectivity index (χ2n) is 6.94. The maximum absolute atomic E-state index is 12.6. The summed E-state index contributed by atoms with van der Waals surface area (Å²) in [5.74, 6) is 0.521. The maximum atomic E-state index is 12.6. The molecule has 1 aliphatic rings. The van der Waals surface area contributed by atoms with Crippen molar-refractivity contribution in [3.63, 3.8) is 0 Å². The lowest BCUT2D eigenvalue weighted by atomic mass is 9.93. The number of nitrogens with zero attached hydrogens (tertiary/aromatic N) is 2. The molecule has 1 amide bonds. The number of sulfonamides is 1. The highest BCUT2D eigenvalue weighted by Crippen LogP contribution is 2.26. The first-order valence-corrected chi connectivity index (χ1v) is 10.4. The SMILES string of the molecule is CC(C)(C)c1cc(NC(=O)c2cc(S(=O)(=O)N3CCOCC3)cs2)no1. The molecule has 0 aromatic carbocycles. The molecule has 2 aromatic rings. The van der Waals surface area contributed by atoms with Crippen LogP contribution in [0, 0.1) is 0 Å². The number of aromatic nitrogens is 1. The van der Waals surface area contributed by atoms with Crippen molar-refractivity contribution in [2.45, 2.75) is 31.1 Å². The van der Waals surface area contributed by atoms with Crippen molar-refractivity contribution in [2.24, 2.45) is 0 Å². The molecular weight excluding hydrogens is 378 g/mol. The van der Waals surface area contributed by atoms with Crippen LogP contribution in [0.3, 0.4) is 0 Å². The molecule has 1 fully saturated rings. The number of carbonyl (C=O) groups excluding carboxylic acids is 1. The van der Waals surface area contributed by atoms with E-state index in [4.69, 9.17) is 9.26 Å². The van der Waals surface area contributed by atoms with Gasteiger partial charge in [-0.05, 0) is 6.07 Å². The van der Waals surface area contributed by atoms with Gasteiger partial charge in [0.05, 0.1) is 23.0 Å². The van der Waals surface area contributed by atoms with Gasteiger partial charge in [0, 0.05) is 30.0 Å². The third kappa shape index (κ3) is 3.98. The third-order valence-electron chi connectivity index (χ3n) is 3.90. The molecule has 0 unspecified atom stereocenters. The summed E-state index contributed by atoms with van der Waals surface area (Å²) in [4.78, 5) is 12.8. The van der Waals surface area contributed by atoms with Crippen LogP contribution in [0.15, 0.2) is 26.9 Å². The number of carbonyl (C=O) groups is 1. The van der Waals surface area contributed by atoms with E-state index in [0.717, 1.165) is 11.3 Å². The lowest BCUT2D eigenvalue weighted by molar-refractivity contribution is 0.0730. The molecule has 3 rings (SSSR count). The number of nitrogens with one attached hydrogen (secondary N) is 1. The molecule has 10 heteroatoms. The van der Waals surface area contributed by atoms with Crippen molar-refractivity contribution in [2.75, 3.05) is 31.6 Å². The summed E-state index contributed by atoms with van der Waals surface area (Å²) in [7, 11) is -3.61. The zero-order valence-electron chi connectivity index (χ0n) is 14.8. The van der Waals surface area contributed by atoms with Crippen molar-refractivity contribution >= 4 is 33.1 Å². The molecule has 1 N–H and O–H groups in total. The third-order valence-corrected chi connectivity index (χ3v) is 6.85. The predicted molar refractivity (Wildman–Crippen MR) is 97.1 cm³/mol. The molecule has 0 saturated carbocycles. The first-order valence-electron chi connectivity index (χ1n) is 8.13. The molecule has 0 aliphatic carbocycles. The lowest BCUT2D eigenvalue weighted by Gasteiger charge is -2.25. The van der Waals surface area contributed by atoms with Crippen LogP contribution >= 0.6 is 11.3 Å². The highest BCUT2D eigenvalue weighted by molar-refractivity contribution is 7.89. The molecule has 0 bridgehead atoms. The first kappa shape index (κ1) is 19.0. The fraction of sp³-hybridized carbons (Fsp3) is 0.500. The van der Waals surface area contributed by atoms with Crippen LogP contribution < -0.4 is 5.32 Å². The Bertz CT molecular complexity index is 889. The summed E-state index contributed by atoms with van der Waals surface area (Å²) < 4.78 is 37.0. The highest BCUT2D eigenvalue weighted by Gasteiger charge is 2.28. The molecule has 0 radical (unpaired) electrons. The topological polar surface area (TPSA) is 102 Å². The van der Waals surface area contributed by atoms with Gasteiger partial charge in [0.1, 0.15) is 5.76 Å². The largest absolute Gasteiger partial charge is 0.379 e. The van der Waals surface area contributed by atoms with E-state index < -0.39 is 15.9 Å². The van der Waals surface area contributed by atoms with Crippen molar-refractivity contribution in [1.82, 2.24) is 9.46 Å². The monoisotopic (exact) mass is 399 g/mol. The summed E-state index contributed by atoms with van der Waals surface area (Å²) in [5, 5.41) is 7.94. The molecule has 2 aromatic heterocycles. The van der Waals surface area contributed by atoms with Crippen LogP contribution in [0.5, 0.6) is 0 Å². The van der Waals surface area contributed by atoms with Gasteiger partial charge in [-0.2, -0.15) is 4.31 Å². The lowest BCUT2D eigenvalue weighted by Crippen LogP contribution is -2.40. The van der Waals surface area contributed by atoms with E-state index in [1.807, 2.05) is 20.8 Å². The molecule has 1 saturated heterocycles. The number of thiophene rings is 1. The van der Waals surface area contributed by atoms with Crippen LogP contribution in [0.1, 0.15) is 36.2 Å². The molecule has 0 atom stereocenters. The fourth-order valence-corrected chi connectivity index (χ4v) is 4.94. The van der Waals surface area contributed by atoms with Crippen LogP contribution in [-0.4, -0.2) is 50.1 Å². The molecule has 142 valence electrons. The van der Waals surface area contributed by atoms with Crippen molar-refractivity contribution in [1.29, 1.82) is 0 Å². The average Bonchev–Trinajstić information content (AvgIpc) is 3.25. The van der Waals surface area contributed by atoms with Gasteiger partial charge >= 0.3 is 0 Å². The molecular formula is C16H21N3O5S2. The number of morpholine rings is 1. The van der Waals surface area contributed by atoms with Gasteiger partial charge in [0.15, 0.2) is 5.82 Å². The Kier molecular flexibility index (Phi) is 5.20. The van der Waals surface area contributed by atoms with E-state index in [1.165, 1.54) is 15.8 Å². The number of ether oxygens (including phenoxy) is 1. The van der Waals surface area contributed by atoms with Crippen molar-refractivity contribution in [3.8, 4) is 0 Å². The number of rotatable bonds is 4. The number of anilines is 1. The predicted octanol–water partition coefficient (Wildman–Crippen LogP) is 2.31. The van der Waals surface area contributed by atoms with Crippen molar-refractivity contribution in [3.05, 3.63) is 28.2 Å². The number of hydrogen-bond donors (Lipinski definition) is 1. The highest BCUT2D eigenvalue weighted by atomic mass is 32.2. The molecule has 1 aliphatic heterocycles. The second kappa shape index (κ2) is 7.10. The second-order valence-corrected chi connectivity index (χ2v) is 9.79. The Balaban J connectivity index is 1.73. The molecule has 0 spiro atoms. The Labute approximate surface area is 156 Å². The Hall–Kier alpha value is -1.75. The van der Waals surface area contributed by atoms with Crippen molar-refractivity contribution < 1.29 is 22.5 Å². The average molecular weight is 399 g/mol. The van der Waals surface area contributed by atoms with Gasteiger partial charge in [-0.25, -0.2) is 8.42 Å². The van der Waals surface area contributed by atoms with Gasteiger partial charge in [0.2, 0.25) is 10.0 Å². The van der Waals surface area contributed by atoms with Gasteiger partial charge in [0.25, 0.3) is 5.91 Å². The minimum atomic E-state index is -3.61. The normalized spacial score (nSPS) is 16.6. The van der Waals surface area contributed by atoms with Crippen LogP contribution in [0.25, 0.3) is 0 Å². The molecule has 3 heterocycles. The molecule has 26 heavy (non-hydrogen) atoms. The van der Waals surface area contributed by atoms with E-state index >= 15 is 0 Å². The summed E-state index contributed by atoms with van der Waals surface area (Å²) in [6.07, 6.45) is 0. The van der Waals surface area contributed by atoms with Gasteiger partial charge in [-0.3, -0.25) is 4.79 Å². The summed E-state index contributed by atoms with van der Waals surface area (Å²) >= 11 is 1.07. The van der Waals surface area contributed by atoms with Gasteiger partial charge in [-0.1, -0.05) is 25.9 Å². The Morgan fingerprint density at radius 3 is 2.58 bits per heavy atom. The summed E-state index contributed by atoms with van der Waals surface area (Å²) in [6, 6.07) is 3.05. The minimum Gasteiger partial charge on any atom is -0.379 e. The van der Waals surface area contributed by atoms with Crippen LogP contribution in [0.4, 0.5) is 5.82 Å². The van der Waals surface area contributed by atoms with E-state index in [0.29, 0.717) is 37.9 Å². The summed E-state index contributed by atoms with van der Waals surface area (Å²) in [5.41, 5.74) is -0.224. The first-order chi connectivity index (χ1) is 12.2. The zero-order valence-corrected chi connectivity index (χ0v) is 16.4. The standard InChI is InChI=1S/C16H21N3O5S2/c1-16(2,3)13-9-14(18-24-13)17-15(20)12-8-11(10-25-12)26(21,22)19-4-6-23-7-5-19/h8-10H,4-7H2,1-3H3,(H,17,18,20). The summed E-state index contributed by atoms with van der Waals surface area (Å²) in [6.45, 7) is 7.30. The Morgan fingerprint density at radius 1 is 1.27 bits per heavy atom. The number of amides is 1. The van der Waals surface area contributed by atoms with Gasteiger partial charge < -0.3 is 14.6 Å².